The number of aromatic nitrogens is 3. The van der Waals surface area contributed by atoms with Crippen LogP contribution in [0.1, 0.15) is 44.0 Å². The molecular weight excluding hydrogens is 290 g/mol. The lowest BCUT2D eigenvalue weighted by Gasteiger charge is -2.20. The van der Waals surface area contributed by atoms with Gasteiger partial charge in [-0.05, 0) is 25.7 Å². The average molecular weight is 313 g/mol. The van der Waals surface area contributed by atoms with Crippen LogP contribution in [0, 0.1) is 6.92 Å². The maximum absolute atomic E-state index is 6.03. The van der Waals surface area contributed by atoms with Gasteiger partial charge in [0.2, 0.25) is 0 Å². The molecule has 23 heavy (non-hydrogen) atoms. The Hall–Kier alpha value is -2.37. The minimum Gasteiger partial charge on any atom is -0.451 e. The van der Waals surface area contributed by atoms with Crippen molar-refractivity contribution < 1.29 is 4.74 Å². The molecule has 0 aromatic carbocycles. The van der Waals surface area contributed by atoms with Crippen LogP contribution >= 0.6 is 0 Å². The number of nitrogen functional groups attached to an aromatic ring is 1. The Morgan fingerprint density at radius 2 is 1.96 bits per heavy atom. The van der Waals surface area contributed by atoms with Crippen LogP contribution < -0.4 is 15.4 Å². The zero-order chi connectivity index (χ0) is 16.6. The van der Waals surface area contributed by atoms with Crippen LogP contribution in [0.3, 0.4) is 0 Å². The quantitative estimate of drug-likeness (QED) is 0.913. The van der Waals surface area contributed by atoms with Crippen molar-refractivity contribution in [1.29, 1.82) is 0 Å². The summed E-state index contributed by atoms with van der Waals surface area (Å²) in [7, 11) is 2.07. The molecule has 2 N–H and O–H groups in total. The van der Waals surface area contributed by atoms with Crippen LogP contribution in [0.2, 0.25) is 0 Å². The van der Waals surface area contributed by atoms with E-state index in [1.165, 1.54) is 12.8 Å². The summed E-state index contributed by atoms with van der Waals surface area (Å²) in [6, 6.07) is 2.57. The third-order valence-electron chi connectivity index (χ3n) is 4.08. The Bertz CT molecular complexity index is 712. The number of rotatable bonds is 5. The summed E-state index contributed by atoms with van der Waals surface area (Å²) in [5.74, 6) is 3.42. The molecule has 2 heterocycles. The summed E-state index contributed by atoms with van der Waals surface area (Å²) in [4.78, 5) is 15.1. The molecule has 0 bridgehead atoms. The Morgan fingerprint density at radius 3 is 2.57 bits per heavy atom. The van der Waals surface area contributed by atoms with E-state index in [1.807, 2.05) is 12.3 Å². The second-order valence-corrected chi connectivity index (χ2v) is 6.35. The van der Waals surface area contributed by atoms with Crippen LogP contribution in [0.25, 0.3) is 0 Å². The second-order valence-electron chi connectivity index (χ2n) is 6.35. The van der Waals surface area contributed by atoms with Crippen molar-refractivity contribution in [1.82, 2.24) is 15.0 Å². The Kier molecular flexibility index (Phi) is 4.07. The molecule has 0 aliphatic heterocycles. The standard InChI is InChI=1S/C17H23N5O/c1-10(2)13-8-20-16(22(4)12-5-6-12)7-14(13)23-15-9-19-11(3)21-17(15)18/h7-10,12H,5-6H2,1-4H3,(H2,18,19,21). The van der Waals surface area contributed by atoms with Crippen molar-refractivity contribution in [2.45, 2.75) is 45.6 Å². The van der Waals surface area contributed by atoms with E-state index in [1.54, 1.807) is 13.1 Å². The van der Waals surface area contributed by atoms with Crippen LogP contribution in [-0.4, -0.2) is 28.0 Å². The van der Waals surface area contributed by atoms with E-state index in [0.29, 0.717) is 29.4 Å². The fourth-order valence-corrected chi connectivity index (χ4v) is 2.47. The fourth-order valence-electron chi connectivity index (χ4n) is 2.47. The molecule has 1 aliphatic carbocycles. The van der Waals surface area contributed by atoms with Crippen LogP contribution in [-0.2, 0) is 0 Å². The first-order valence-electron chi connectivity index (χ1n) is 7.95. The molecule has 122 valence electrons. The van der Waals surface area contributed by atoms with Gasteiger partial charge in [-0.25, -0.2) is 15.0 Å². The van der Waals surface area contributed by atoms with E-state index < -0.39 is 0 Å². The second kappa shape index (κ2) is 6.02. The van der Waals surface area contributed by atoms with Crippen molar-refractivity contribution in [3.63, 3.8) is 0 Å². The van der Waals surface area contributed by atoms with Crippen molar-refractivity contribution in [2.75, 3.05) is 17.7 Å². The fraction of sp³-hybridized carbons (Fsp3) is 0.471. The van der Waals surface area contributed by atoms with Crippen molar-refractivity contribution in [3.05, 3.63) is 29.8 Å². The summed E-state index contributed by atoms with van der Waals surface area (Å²) in [5, 5.41) is 0. The van der Waals surface area contributed by atoms with E-state index in [9.17, 15) is 0 Å². The predicted octanol–water partition coefficient (Wildman–Crippen LogP) is 3.28. The highest BCUT2D eigenvalue weighted by molar-refractivity contribution is 5.53. The molecule has 0 spiro atoms. The maximum atomic E-state index is 6.03. The summed E-state index contributed by atoms with van der Waals surface area (Å²) in [6.45, 7) is 6.03. The van der Waals surface area contributed by atoms with E-state index in [4.69, 9.17) is 10.5 Å². The molecule has 6 heteroatoms. The Balaban J connectivity index is 1.95. The van der Waals surface area contributed by atoms with E-state index in [0.717, 1.165) is 17.1 Å². The van der Waals surface area contributed by atoms with Gasteiger partial charge in [0.1, 0.15) is 17.4 Å². The lowest BCUT2D eigenvalue weighted by atomic mass is 10.0. The third-order valence-corrected chi connectivity index (χ3v) is 4.08. The van der Waals surface area contributed by atoms with Gasteiger partial charge in [0.15, 0.2) is 11.6 Å². The molecule has 6 nitrogen and oxygen atoms in total. The normalized spacial score (nSPS) is 14.1. The van der Waals surface area contributed by atoms with Crippen molar-refractivity contribution in [3.8, 4) is 11.5 Å². The Morgan fingerprint density at radius 1 is 1.22 bits per heavy atom. The highest BCUT2D eigenvalue weighted by atomic mass is 16.5. The molecule has 2 aromatic rings. The van der Waals surface area contributed by atoms with Gasteiger partial charge >= 0.3 is 0 Å². The number of pyridine rings is 1. The highest BCUT2D eigenvalue weighted by Gasteiger charge is 2.28. The number of nitrogens with zero attached hydrogens (tertiary/aromatic N) is 4. The van der Waals surface area contributed by atoms with Crippen LogP contribution in [0.5, 0.6) is 11.5 Å². The summed E-state index contributed by atoms with van der Waals surface area (Å²) in [5.41, 5.74) is 6.99. The largest absolute Gasteiger partial charge is 0.451 e. The van der Waals surface area contributed by atoms with Gasteiger partial charge in [-0.3, -0.25) is 0 Å². The first-order valence-corrected chi connectivity index (χ1v) is 7.95. The molecule has 0 unspecified atom stereocenters. The van der Waals surface area contributed by atoms with Crippen LogP contribution in [0.15, 0.2) is 18.5 Å². The lowest BCUT2D eigenvalue weighted by Crippen LogP contribution is -2.20. The molecule has 3 rings (SSSR count). The molecule has 1 saturated carbocycles. The predicted molar refractivity (Wildman–Crippen MR) is 91.0 cm³/mol. The summed E-state index contributed by atoms with van der Waals surface area (Å²) in [6.07, 6.45) is 5.95. The smallest absolute Gasteiger partial charge is 0.187 e. The molecule has 2 aromatic heterocycles. The minimum absolute atomic E-state index is 0.297. The van der Waals surface area contributed by atoms with E-state index in [2.05, 4.69) is 40.7 Å². The molecule has 0 radical (unpaired) electrons. The Labute approximate surface area is 136 Å². The van der Waals surface area contributed by atoms with E-state index >= 15 is 0 Å². The molecule has 0 saturated heterocycles. The highest BCUT2D eigenvalue weighted by Crippen LogP contribution is 2.36. The molecular formula is C17H23N5O. The van der Waals surface area contributed by atoms with Gasteiger partial charge < -0.3 is 15.4 Å². The van der Waals surface area contributed by atoms with Gasteiger partial charge in [-0.15, -0.1) is 0 Å². The number of anilines is 2. The average Bonchev–Trinajstić information content (AvgIpc) is 3.34. The third kappa shape index (κ3) is 3.36. The summed E-state index contributed by atoms with van der Waals surface area (Å²) < 4.78 is 6.03. The molecule has 0 amide bonds. The van der Waals surface area contributed by atoms with E-state index in [-0.39, 0.29) is 0 Å². The van der Waals surface area contributed by atoms with Crippen molar-refractivity contribution in [2.24, 2.45) is 0 Å². The first kappa shape index (κ1) is 15.5. The van der Waals surface area contributed by atoms with Crippen molar-refractivity contribution >= 4 is 11.6 Å². The number of ether oxygens (including phenoxy) is 1. The van der Waals surface area contributed by atoms with Gasteiger partial charge in [0.25, 0.3) is 0 Å². The SMILES string of the molecule is Cc1ncc(Oc2cc(N(C)C3CC3)ncc2C(C)C)c(N)n1. The number of aryl methyl sites for hydroxylation is 1. The number of nitrogens with two attached hydrogens (primary N) is 1. The first-order chi connectivity index (χ1) is 11.0. The van der Waals surface area contributed by atoms with Gasteiger partial charge in [-0.2, -0.15) is 0 Å². The zero-order valence-corrected chi connectivity index (χ0v) is 14.1. The number of hydrogen-bond donors (Lipinski definition) is 1. The monoisotopic (exact) mass is 313 g/mol. The topological polar surface area (TPSA) is 77.2 Å². The molecule has 1 fully saturated rings. The minimum atomic E-state index is 0.297. The van der Waals surface area contributed by atoms with Gasteiger partial charge in [0, 0.05) is 30.9 Å². The number of hydrogen-bond acceptors (Lipinski definition) is 6. The van der Waals surface area contributed by atoms with Crippen LogP contribution in [0.4, 0.5) is 11.6 Å². The molecule has 0 atom stereocenters. The van der Waals surface area contributed by atoms with Gasteiger partial charge in [-0.1, -0.05) is 13.8 Å². The maximum Gasteiger partial charge on any atom is 0.187 e. The van der Waals surface area contributed by atoms with Gasteiger partial charge in [0.05, 0.1) is 6.20 Å². The lowest BCUT2D eigenvalue weighted by molar-refractivity contribution is 0.469. The summed E-state index contributed by atoms with van der Waals surface area (Å²) >= 11 is 0. The molecule has 1 aliphatic rings. The zero-order valence-electron chi connectivity index (χ0n) is 14.1.